The van der Waals surface area contributed by atoms with Crippen LogP contribution in [-0.2, 0) is 38.4 Å². The Hall–Kier alpha value is -5.38. The minimum Gasteiger partial charge on any atom is -0.508 e. The van der Waals surface area contributed by atoms with Crippen LogP contribution in [0.15, 0.2) is 24.3 Å². The van der Waals surface area contributed by atoms with Gasteiger partial charge >= 0.3 is 11.9 Å². The van der Waals surface area contributed by atoms with Crippen LogP contribution in [0.5, 0.6) is 5.75 Å². The normalized spacial score (nSPS) is 14.0. The first kappa shape index (κ1) is 51.6. The number of nitrogens with one attached hydrogen (secondary N) is 6. The lowest BCUT2D eigenvalue weighted by Gasteiger charge is -2.28. The molecule has 0 heterocycles. The molecule has 5 atom stereocenters. The molecule has 0 aliphatic carbocycles. The van der Waals surface area contributed by atoms with E-state index in [1.165, 1.54) is 38.1 Å². The van der Waals surface area contributed by atoms with Crippen LogP contribution in [0.2, 0.25) is 0 Å². The van der Waals surface area contributed by atoms with Gasteiger partial charge < -0.3 is 69.5 Å². The number of aliphatic carboxylic acids is 2. The van der Waals surface area contributed by atoms with E-state index in [0.29, 0.717) is 12.0 Å². The highest BCUT2D eigenvalue weighted by Crippen LogP contribution is 2.20. The Kier molecular flexibility index (Phi) is 22.0. The minimum atomic E-state index is -1.67. The molecule has 0 bridgehead atoms. The number of benzene rings is 1. The van der Waals surface area contributed by atoms with Crippen molar-refractivity contribution in [1.29, 1.82) is 0 Å². The Morgan fingerprint density at radius 3 is 1.63 bits per heavy atom. The largest absolute Gasteiger partial charge is 0.508 e. The summed E-state index contributed by atoms with van der Waals surface area (Å²) in [5.74, 6) is -6.28. The van der Waals surface area contributed by atoms with Crippen LogP contribution in [0.1, 0.15) is 110 Å². The van der Waals surface area contributed by atoms with Gasteiger partial charge in [0, 0.05) is 61.3 Å². The number of phenolic OH excluding ortho intramolecular Hbond substituents is 1. The fraction of sp³-hybridized carbons (Fsp3) is 0.632. The third-order valence-corrected chi connectivity index (χ3v) is 8.50. The van der Waals surface area contributed by atoms with Crippen LogP contribution in [0, 0.1) is 0 Å². The summed E-state index contributed by atoms with van der Waals surface area (Å²) < 4.78 is 0. The predicted octanol–water partition coefficient (Wildman–Crippen LogP) is -1.55. The van der Waals surface area contributed by atoms with Crippen LogP contribution in [0.25, 0.3) is 0 Å². The van der Waals surface area contributed by atoms with Gasteiger partial charge in [0.25, 0.3) is 0 Å². The quantitative estimate of drug-likeness (QED) is 0.0425. The highest BCUT2D eigenvalue weighted by Gasteiger charge is 2.29. The van der Waals surface area contributed by atoms with Gasteiger partial charge in [-0.1, -0.05) is 12.1 Å². The number of phenols is 1. The van der Waals surface area contributed by atoms with Crippen molar-refractivity contribution in [2.24, 2.45) is 17.2 Å². The fourth-order valence-electron chi connectivity index (χ4n) is 6.06. The second kappa shape index (κ2) is 25.2. The molecule has 16 N–H and O–H groups in total. The van der Waals surface area contributed by atoms with E-state index < -0.39 is 115 Å². The zero-order valence-electron chi connectivity index (χ0n) is 34.2. The molecule has 0 fully saturated rings. The molecule has 0 radical (unpaired) electrons. The summed E-state index contributed by atoms with van der Waals surface area (Å²) in [4.78, 5) is 99.8. The van der Waals surface area contributed by atoms with Crippen molar-refractivity contribution in [3.63, 3.8) is 0 Å². The highest BCUT2D eigenvalue weighted by molar-refractivity contribution is 5.85. The van der Waals surface area contributed by atoms with Gasteiger partial charge in [-0.25, -0.2) is 0 Å². The van der Waals surface area contributed by atoms with Crippen molar-refractivity contribution in [3.8, 4) is 5.75 Å². The molecule has 1 unspecified atom stereocenters. The van der Waals surface area contributed by atoms with Gasteiger partial charge in [0.2, 0.25) is 35.4 Å². The van der Waals surface area contributed by atoms with Crippen LogP contribution in [0.4, 0.5) is 0 Å². The van der Waals surface area contributed by atoms with Gasteiger partial charge in [-0.2, -0.15) is 0 Å². The van der Waals surface area contributed by atoms with Crippen LogP contribution < -0.4 is 49.1 Å². The fourth-order valence-corrected chi connectivity index (χ4v) is 6.06. The number of aliphatic hydroxyl groups is 1. The van der Waals surface area contributed by atoms with Gasteiger partial charge in [-0.15, -0.1) is 0 Å². The van der Waals surface area contributed by atoms with Crippen molar-refractivity contribution < 1.29 is 58.8 Å². The zero-order chi connectivity index (χ0) is 44.9. The number of carbonyl (C=O) groups is 8. The molecule has 1 aromatic carbocycles. The highest BCUT2D eigenvalue weighted by atomic mass is 16.4. The van der Waals surface area contributed by atoms with E-state index in [9.17, 15) is 58.8 Å². The van der Waals surface area contributed by atoms with E-state index in [2.05, 4.69) is 31.9 Å². The van der Waals surface area contributed by atoms with Crippen molar-refractivity contribution >= 4 is 47.4 Å². The number of hydrogen-bond acceptors (Lipinski definition) is 13. The molecule has 21 nitrogen and oxygen atoms in total. The molecular formula is C38H63N9O12. The predicted molar refractivity (Wildman–Crippen MR) is 214 cm³/mol. The summed E-state index contributed by atoms with van der Waals surface area (Å²) in [7, 11) is 0. The molecule has 0 aliphatic heterocycles. The molecule has 0 saturated heterocycles. The minimum absolute atomic E-state index is 0.0115. The molecule has 0 saturated carbocycles. The second-order valence-electron chi connectivity index (χ2n) is 15.9. The van der Waals surface area contributed by atoms with Crippen LogP contribution in [0.3, 0.4) is 0 Å². The average Bonchev–Trinajstić information content (AvgIpc) is 3.04. The third kappa shape index (κ3) is 24.2. The van der Waals surface area contributed by atoms with E-state index in [0.717, 1.165) is 0 Å². The number of carbonyl (C=O) groups excluding carboxylic acids is 6. The number of aliphatic hydroxyl groups excluding tert-OH is 1. The summed E-state index contributed by atoms with van der Waals surface area (Å²) >= 11 is 0. The number of hydrogen-bond donors (Lipinski definition) is 13. The first-order valence-electron chi connectivity index (χ1n) is 19.3. The topological polar surface area (TPSA) is 368 Å². The van der Waals surface area contributed by atoms with Crippen LogP contribution in [-0.4, -0.2) is 116 Å². The number of carboxylic acids is 2. The summed E-state index contributed by atoms with van der Waals surface area (Å²) in [6.07, 6.45) is -3.74. The molecule has 1 aromatic rings. The Morgan fingerprint density at radius 1 is 0.593 bits per heavy atom. The molecule has 21 heteroatoms. The summed E-state index contributed by atoms with van der Waals surface area (Å²) in [6, 6.07) is 2.15. The molecule has 0 aromatic heterocycles. The third-order valence-electron chi connectivity index (χ3n) is 8.50. The van der Waals surface area contributed by atoms with Gasteiger partial charge in [-0.3, -0.25) is 38.4 Å². The molecular weight excluding hydrogens is 774 g/mol. The molecule has 332 valence electrons. The summed E-state index contributed by atoms with van der Waals surface area (Å²) in [5.41, 5.74) is 15.6. The molecule has 6 amide bonds. The maximum atomic E-state index is 13.0. The average molecular weight is 838 g/mol. The SMILES string of the molecule is CC(C)(N)CC(=O)N[C@@H](CCN)CC(=O)NC(CC(=O)O)CC(=O)NC(C)(C)CC(=O)N[C@H](O)CC(=O)N[C@@H](CCCN)CC(=O)N[C@H](CC(=O)O)c1ccc(O)cc1. The van der Waals surface area contributed by atoms with Gasteiger partial charge in [0.15, 0.2) is 0 Å². The Morgan fingerprint density at radius 2 is 1.08 bits per heavy atom. The van der Waals surface area contributed by atoms with Crippen LogP contribution >= 0.6 is 0 Å². The summed E-state index contributed by atoms with van der Waals surface area (Å²) in [6.45, 7) is 6.71. The van der Waals surface area contributed by atoms with E-state index in [1.807, 2.05) is 0 Å². The molecule has 1 rings (SSSR count). The number of amides is 6. The van der Waals surface area contributed by atoms with E-state index in [4.69, 9.17) is 17.2 Å². The Labute approximate surface area is 343 Å². The zero-order valence-corrected chi connectivity index (χ0v) is 34.2. The van der Waals surface area contributed by atoms with Crippen molar-refractivity contribution in [3.05, 3.63) is 29.8 Å². The lowest BCUT2D eigenvalue weighted by atomic mass is 9.98. The lowest BCUT2D eigenvalue weighted by Crippen LogP contribution is -2.51. The monoisotopic (exact) mass is 837 g/mol. The standard InChI is InChI=1S/C38H63N9O12/c1-37(2,41)20-33(54)43-24(11-13-40)15-28(49)44-25(17-35(56)57)16-32(53)47-38(3,4)21-34(55)46-31(52)19-30(51)42-23(6-5-12-39)14-29(50)45-27(18-36(58)59)22-7-9-26(48)10-8-22/h7-10,23-25,27,31,48,52H,5-6,11-21,39-41H2,1-4H3,(H,42,51)(H,43,54)(H,44,49)(H,45,50)(H,46,55)(H,47,53)(H,56,57)(H,58,59)/t23-,24-,25?,27+,31+/m0/s1. The molecule has 59 heavy (non-hydrogen) atoms. The number of aromatic hydroxyl groups is 1. The first-order chi connectivity index (χ1) is 27.4. The van der Waals surface area contributed by atoms with Crippen molar-refractivity contribution in [2.75, 3.05) is 13.1 Å². The number of carboxylic acid groups (broad SMARTS) is 2. The van der Waals surface area contributed by atoms with Gasteiger partial charge in [0.1, 0.15) is 12.0 Å². The Balaban J connectivity index is 2.76. The maximum Gasteiger partial charge on any atom is 0.305 e. The first-order valence-corrected chi connectivity index (χ1v) is 19.3. The maximum absolute atomic E-state index is 13.0. The number of rotatable bonds is 28. The van der Waals surface area contributed by atoms with Gasteiger partial charge in [0.05, 0.1) is 25.3 Å². The molecule has 0 aliphatic rings. The molecule has 0 spiro atoms. The Bertz CT molecular complexity index is 1580. The van der Waals surface area contributed by atoms with Crippen molar-refractivity contribution in [2.45, 2.75) is 140 Å². The van der Waals surface area contributed by atoms with Crippen molar-refractivity contribution in [1.82, 2.24) is 31.9 Å². The van der Waals surface area contributed by atoms with Gasteiger partial charge in [-0.05, 0) is 77.7 Å². The number of nitrogens with two attached hydrogens (primary N) is 3. The van der Waals surface area contributed by atoms with E-state index >= 15 is 0 Å². The smallest absolute Gasteiger partial charge is 0.305 e. The second-order valence-corrected chi connectivity index (χ2v) is 15.9. The van der Waals surface area contributed by atoms with E-state index in [-0.39, 0.29) is 57.4 Å². The van der Waals surface area contributed by atoms with E-state index in [1.54, 1.807) is 13.8 Å². The lowest BCUT2D eigenvalue weighted by molar-refractivity contribution is -0.139. The summed E-state index contributed by atoms with van der Waals surface area (Å²) in [5, 5.41) is 54.1.